The lowest BCUT2D eigenvalue weighted by atomic mass is 10.2. The van der Waals surface area contributed by atoms with Gasteiger partial charge in [-0.1, -0.05) is 0 Å². The molecule has 1 N–H and O–H groups in total. The molecule has 7 heteroatoms. The number of morpholine rings is 1. The Morgan fingerprint density at radius 2 is 2.10 bits per heavy atom. The van der Waals surface area contributed by atoms with Gasteiger partial charge in [0, 0.05) is 26.1 Å². The van der Waals surface area contributed by atoms with Gasteiger partial charge in [0.15, 0.2) is 5.82 Å². The smallest absolute Gasteiger partial charge is 0.317 e. The van der Waals surface area contributed by atoms with Crippen molar-refractivity contribution in [1.29, 1.82) is 0 Å². The molecular weight excluding hydrogens is 258 g/mol. The monoisotopic (exact) mass is 279 g/mol. The number of carbonyl (C=O) groups is 1. The third kappa shape index (κ3) is 2.63. The molecule has 0 aromatic carbocycles. The number of nitrogens with one attached hydrogen (secondary N) is 1. The van der Waals surface area contributed by atoms with Crippen molar-refractivity contribution in [2.75, 3.05) is 13.1 Å². The maximum absolute atomic E-state index is 12.2. The van der Waals surface area contributed by atoms with Crippen molar-refractivity contribution in [3.05, 3.63) is 11.6 Å². The van der Waals surface area contributed by atoms with Crippen molar-refractivity contribution in [3.8, 4) is 0 Å². The number of hydrogen-bond acceptors (Lipinski definition) is 4. The number of hydrogen-bond donors (Lipinski definition) is 1. The molecule has 3 heterocycles. The zero-order valence-corrected chi connectivity index (χ0v) is 12.0. The van der Waals surface area contributed by atoms with E-state index in [-0.39, 0.29) is 18.2 Å². The van der Waals surface area contributed by atoms with Crippen LogP contribution in [0.4, 0.5) is 4.79 Å². The van der Waals surface area contributed by atoms with Crippen molar-refractivity contribution in [3.63, 3.8) is 0 Å². The molecule has 2 amide bonds. The van der Waals surface area contributed by atoms with Crippen LogP contribution in [0.2, 0.25) is 0 Å². The van der Waals surface area contributed by atoms with E-state index in [0.717, 1.165) is 31.0 Å². The van der Waals surface area contributed by atoms with Crippen LogP contribution >= 0.6 is 0 Å². The largest absolute Gasteiger partial charge is 0.372 e. The predicted octanol–water partition coefficient (Wildman–Crippen LogP) is 0.543. The average Bonchev–Trinajstić information content (AvgIpc) is 2.98. The molecule has 0 spiro atoms. The van der Waals surface area contributed by atoms with Crippen LogP contribution < -0.4 is 5.32 Å². The van der Waals surface area contributed by atoms with E-state index in [1.54, 1.807) is 4.90 Å². The molecule has 20 heavy (non-hydrogen) atoms. The second kappa shape index (κ2) is 5.40. The summed E-state index contributed by atoms with van der Waals surface area (Å²) in [5.41, 5.74) is 0. The lowest BCUT2D eigenvalue weighted by Crippen LogP contribution is -2.51. The molecule has 1 aromatic heterocycles. The molecule has 0 bridgehead atoms. The first-order chi connectivity index (χ1) is 9.63. The topological polar surface area (TPSA) is 72.3 Å². The van der Waals surface area contributed by atoms with E-state index in [1.807, 2.05) is 13.8 Å². The van der Waals surface area contributed by atoms with Crippen molar-refractivity contribution < 1.29 is 9.53 Å². The van der Waals surface area contributed by atoms with E-state index in [4.69, 9.17) is 4.74 Å². The van der Waals surface area contributed by atoms with Crippen LogP contribution in [-0.4, -0.2) is 51.0 Å². The van der Waals surface area contributed by atoms with Crippen molar-refractivity contribution >= 4 is 6.03 Å². The molecule has 1 fully saturated rings. The van der Waals surface area contributed by atoms with Crippen LogP contribution in [0.3, 0.4) is 0 Å². The van der Waals surface area contributed by atoms with E-state index in [1.165, 1.54) is 0 Å². The number of urea groups is 1. The van der Waals surface area contributed by atoms with Gasteiger partial charge >= 0.3 is 6.03 Å². The summed E-state index contributed by atoms with van der Waals surface area (Å²) in [6.45, 7) is 6.63. The number of nitrogens with zero attached hydrogens (tertiary/aromatic N) is 4. The van der Waals surface area contributed by atoms with E-state index in [0.29, 0.717) is 19.6 Å². The number of aryl methyl sites for hydroxylation is 1. The normalized spacial score (nSPS) is 25.6. The fourth-order valence-electron chi connectivity index (χ4n) is 2.95. The summed E-state index contributed by atoms with van der Waals surface area (Å²) in [5, 5.41) is 11.2. The summed E-state index contributed by atoms with van der Waals surface area (Å²) < 4.78 is 7.73. The minimum atomic E-state index is -0.0534. The Bertz CT molecular complexity index is 491. The number of fused-ring (bicyclic) bond motifs is 1. The molecule has 1 aromatic rings. The fraction of sp³-hybridized carbons (Fsp3) is 0.769. The van der Waals surface area contributed by atoms with Gasteiger partial charge in [-0.15, -0.1) is 10.2 Å². The molecule has 3 rings (SSSR count). The Balaban J connectivity index is 1.56. The van der Waals surface area contributed by atoms with Gasteiger partial charge in [-0.25, -0.2) is 4.79 Å². The third-order valence-corrected chi connectivity index (χ3v) is 3.79. The Morgan fingerprint density at radius 1 is 1.35 bits per heavy atom. The van der Waals surface area contributed by atoms with Gasteiger partial charge in [0.1, 0.15) is 5.82 Å². The highest BCUT2D eigenvalue weighted by atomic mass is 16.5. The molecule has 0 saturated carbocycles. The molecule has 2 aliphatic rings. The lowest BCUT2D eigenvalue weighted by Gasteiger charge is -2.35. The summed E-state index contributed by atoms with van der Waals surface area (Å²) in [6.07, 6.45) is 2.27. The van der Waals surface area contributed by atoms with E-state index < -0.39 is 0 Å². The summed E-state index contributed by atoms with van der Waals surface area (Å²) in [7, 11) is 0. The third-order valence-electron chi connectivity index (χ3n) is 3.79. The fourth-order valence-corrected chi connectivity index (χ4v) is 2.95. The first-order valence-electron chi connectivity index (χ1n) is 7.22. The Hall–Kier alpha value is -1.63. The second-order valence-electron chi connectivity index (χ2n) is 5.61. The van der Waals surface area contributed by atoms with E-state index >= 15 is 0 Å². The zero-order valence-electron chi connectivity index (χ0n) is 12.0. The number of amides is 2. The van der Waals surface area contributed by atoms with Crippen LogP contribution in [0.25, 0.3) is 0 Å². The molecule has 0 aliphatic carbocycles. The number of rotatable bonds is 2. The van der Waals surface area contributed by atoms with Crippen LogP contribution in [-0.2, 0) is 24.2 Å². The molecular formula is C13H21N5O2. The van der Waals surface area contributed by atoms with Crippen molar-refractivity contribution in [2.45, 2.75) is 52.0 Å². The highest BCUT2D eigenvalue weighted by Crippen LogP contribution is 2.14. The number of carbonyl (C=O) groups excluding carboxylic acids is 1. The zero-order chi connectivity index (χ0) is 14.1. The van der Waals surface area contributed by atoms with Gasteiger partial charge in [-0.3, -0.25) is 0 Å². The van der Waals surface area contributed by atoms with Gasteiger partial charge in [0.05, 0.1) is 18.8 Å². The molecule has 110 valence electrons. The molecule has 2 aliphatic heterocycles. The summed E-state index contributed by atoms with van der Waals surface area (Å²) in [5.74, 6) is 1.88. The van der Waals surface area contributed by atoms with Gasteiger partial charge < -0.3 is 19.5 Å². The first-order valence-corrected chi connectivity index (χ1v) is 7.22. The second-order valence-corrected chi connectivity index (χ2v) is 5.61. The standard InChI is InChI=1S/C13H21N5O2/c1-9-7-17(8-10(2)20-9)13(19)14-6-12-16-15-11-4-3-5-18(11)12/h9-10H,3-8H2,1-2H3,(H,14,19). The average molecular weight is 279 g/mol. The van der Waals surface area contributed by atoms with Gasteiger partial charge in [0.2, 0.25) is 0 Å². The Labute approximate surface area is 118 Å². The first kappa shape index (κ1) is 13.4. The molecule has 2 atom stereocenters. The van der Waals surface area contributed by atoms with Crippen molar-refractivity contribution in [1.82, 2.24) is 25.0 Å². The molecule has 0 radical (unpaired) electrons. The molecule has 7 nitrogen and oxygen atoms in total. The van der Waals surface area contributed by atoms with Crippen molar-refractivity contribution in [2.24, 2.45) is 0 Å². The number of aromatic nitrogens is 3. The summed E-state index contributed by atoms with van der Waals surface area (Å²) in [6, 6.07) is -0.0534. The number of ether oxygens (including phenoxy) is 1. The minimum Gasteiger partial charge on any atom is -0.372 e. The summed E-state index contributed by atoms with van der Waals surface area (Å²) in [4.78, 5) is 14.0. The maximum Gasteiger partial charge on any atom is 0.317 e. The Kier molecular flexibility index (Phi) is 3.60. The quantitative estimate of drug-likeness (QED) is 0.858. The van der Waals surface area contributed by atoms with Crippen LogP contribution in [0.5, 0.6) is 0 Å². The maximum atomic E-state index is 12.2. The molecule has 1 saturated heterocycles. The van der Waals surface area contributed by atoms with Crippen LogP contribution in [0, 0.1) is 0 Å². The Morgan fingerprint density at radius 3 is 2.85 bits per heavy atom. The minimum absolute atomic E-state index is 0.0534. The van der Waals surface area contributed by atoms with E-state index in [9.17, 15) is 4.79 Å². The van der Waals surface area contributed by atoms with E-state index in [2.05, 4.69) is 20.1 Å². The van der Waals surface area contributed by atoms with Gasteiger partial charge in [0.25, 0.3) is 0 Å². The molecule has 2 unspecified atom stereocenters. The highest BCUT2D eigenvalue weighted by Gasteiger charge is 2.26. The van der Waals surface area contributed by atoms with Crippen LogP contribution in [0.15, 0.2) is 0 Å². The van der Waals surface area contributed by atoms with Gasteiger partial charge in [-0.05, 0) is 20.3 Å². The van der Waals surface area contributed by atoms with Gasteiger partial charge in [-0.2, -0.15) is 0 Å². The van der Waals surface area contributed by atoms with Crippen LogP contribution in [0.1, 0.15) is 31.9 Å². The summed E-state index contributed by atoms with van der Waals surface area (Å²) >= 11 is 0. The SMILES string of the molecule is CC1CN(C(=O)NCc2nnc3n2CCC3)CC(C)O1. The predicted molar refractivity (Wildman–Crippen MR) is 72.2 cm³/mol. The lowest BCUT2D eigenvalue weighted by molar-refractivity contribution is -0.0545. The highest BCUT2D eigenvalue weighted by molar-refractivity contribution is 5.74.